The summed E-state index contributed by atoms with van der Waals surface area (Å²) in [5.41, 5.74) is 9.50. The fourth-order valence-electron chi connectivity index (χ4n) is 6.56. The number of rotatable bonds is 8. The lowest BCUT2D eigenvalue weighted by molar-refractivity contribution is -0.596. The third kappa shape index (κ3) is 7.50. The smallest absolute Gasteiger partial charge is 0.195 e. The van der Waals surface area contributed by atoms with E-state index in [9.17, 15) is 0 Å². The molecule has 0 fully saturated rings. The third-order valence-corrected chi connectivity index (χ3v) is 11.7. The normalized spacial score (nSPS) is 11.0. The Morgan fingerprint density at radius 2 is 0.809 bits per heavy atom. The van der Waals surface area contributed by atoms with Crippen LogP contribution in [-0.2, 0) is 0 Å². The molecule has 0 aromatic heterocycles. The average molecular weight is 719 g/mol. The van der Waals surface area contributed by atoms with Crippen molar-refractivity contribution >= 4 is 28.0 Å². The fourth-order valence-corrected chi connectivity index (χ4v) is 9.17. The Kier molecular flexibility index (Phi) is 10.8. The molecular weight excluding hydrogens is 678 g/mol. The van der Waals surface area contributed by atoms with E-state index in [1.807, 2.05) is 0 Å². The monoisotopic (exact) mass is 718 g/mol. The van der Waals surface area contributed by atoms with Gasteiger partial charge in [-0.05, 0) is 41.3 Å². The van der Waals surface area contributed by atoms with Crippen molar-refractivity contribution < 1.29 is 21.2 Å². The van der Waals surface area contributed by atoms with Gasteiger partial charge in [0.15, 0.2) is 3.57 Å². The van der Waals surface area contributed by atoms with E-state index in [2.05, 4.69) is 214 Å². The molecule has 0 spiro atoms. The Morgan fingerprint density at radius 1 is 0.404 bits per heavy atom. The van der Waals surface area contributed by atoms with Crippen molar-refractivity contribution in [1.82, 2.24) is 0 Å². The van der Waals surface area contributed by atoms with Crippen LogP contribution in [0.3, 0.4) is 0 Å². The molecule has 7 aromatic rings. The zero-order valence-corrected chi connectivity index (χ0v) is 29.2. The Labute approximate surface area is 291 Å². The average Bonchev–Trinajstić information content (AvgIpc) is 3.15. The second kappa shape index (κ2) is 15.8. The molecule has 47 heavy (non-hydrogen) atoms. The van der Waals surface area contributed by atoms with Crippen LogP contribution in [0.25, 0.3) is 11.1 Å². The van der Waals surface area contributed by atoms with Crippen molar-refractivity contribution in [2.45, 2.75) is 19.8 Å². The number of benzene rings is 7. The Balaban J connectivity index is 0.000000166. The van der Waals surface area contributed by atoms with Gasteiger partial charge < -0.3 is 0 Å². The van der Waals surface area contributed by atoms with E-state index < -0.39 is 6.15 Å². The van der Waals surface area contributed by atoms with E-state index in [4.69, 9.17) is 0 Å². The van der Waals surface area contributed by atoms with Gasteiger partial charge in [0.25, 0.3) is 0 Å². The Bertz CT molecular complexity index is 1790. The zero-order chi connectivity index (χ0) is 32.3. The number of hydrogen-bond donors (Lipinski definition) is 0. The summed E-state index contributed by atoms with van der Waals surface area (Å²) >= 11 is -0.144. The SMILES string of the molecule is CC(C)c1cccc(-c2ccccc2[I+]c2ccccc2)c1.c1ccc([B-](c2ccccc2)(c2ccccc2)c2ccccc2)cc1. The quantitative estimate of drug-likeness (QED) is 0.141. The van der Waals surface area contributed by atoms with Crippen LogP contribution in [-0.4, -0.2) is 6.15 Å². The van der Waals surface area contributed by atoms with E-state index in [0.29, 0.717) is 5.92 Å². The predicted molar refractivity (Wildman–Crippen MR) is 200 cm³/mol. The van der Waals surface area contributed by atoms with Gasteiger partial charge in [-0.25, -0.2) is 0 Å². The van der Waals surface area contributed by atoms with Crippen LogP contribution in [0.4, 0.5) is 0 Å². The summed E-state index contributed by atoms with van der Waals surface area (Å²) in [6, 6.07) is 72.2. The van der Waals surface area contributed by atoms with Gasteiger partial charge in [0.05, 0.1) is 0 Å². The molecule has 2 heteroatoms. The molecule has 7 rings (SSSR count). The van der Waals surface area contributed by atoms with Crippen molar-refractivity contribution in [3.8, 4) is 11.1 Å². The molecule has 7 aromatic carbocycles. The van der Waals surface area contributed by atoms with Crippen LogP contribution in [0.15, 0.2) is 200 Å². The van der Waals surface area contributed by atoms with Gasteiger partial charge in [-0.2, -0.15) is 21.9 Å². The topological polar surface area (TPSA) is 0 Å². The predicted octanol–water partition coefficient (Wildman–Crippen LogP) is 5.67. The summed E-state index contributed by atoms with van der Waals surface area (Å²) in [5, 5.41) is 0. The molecular formula is C45H40BI. The summed E-state index contributed by atoms with van der Waals surface area (Å²) < 4.78 is 2.96. The lowest BCUT2D eigenvalue weighted by atomic mass is 9.13. The van der Waals surface area contributed by atoms with Crippen molar-refractivity contribution in [2.24, 2.45) is 0 Å². The van der Waals surface area contributed by atoms with Gasteiger partial charge in [0, 0.05) is 5.56 Å². The van der Waals surface area contributed by atoms with E-state index in [0.717, 1.165) is 0 Å². The molecule has 0 bridgehead atoms. The first kappa shape index (κ1) is 32.3. The minimum Gasteiger partial charge on any atom is -0.195 e. The Morgan fingerprint density at radius 3 is 1.26 bits per heavy atom. The van der Waals surface area contributed by atoms with Gasteiger partial charge in [-0.15, -0.1) is 0 Å². The minimum absolute atomic E-state index is 0.144. The van der Waals surface area contributed by atoms with Crippen LogP contribution in [0, 0.1) is 7.14 Å². The molecule has 0 aliphatic carbocycles. The first-order valence-electron chi connectivity index (χ1n) is 16.4. The summed E-state index contributed by atoms with van der Waals surface area (Å²) in [4.78, 5) is 0. The molecule has 0 saturated heterocycles. The van der Waals surface area contributed by atoms with Crippen molar-refractivity contribution in [3.63, 3.8) is 0 Å². The fraction of sp³-hybridized carbons (Fsp3) is 0.0667. The van der Waals surface area contributed by atoms with Crippen LogP contribution >= 0.6 is 0 Å². The molecule has 0 unspecified atom stereocenters. The molecule has 230 valence electrons. The molecule has 0 aliphatic heterocycles. The minimum atomic E-state index is -1.22. The van der Waals surface area contributed by atoms with Gasteiger partial charge in [-0.3, -0.25) is 0 Å². The maximum atomic E-state index is 2.35. The lowest BCUT2D eigenvalue weighted by Gasteiger charge is -2.44. The van der Waals surface area contributed by atoms with Crippen LogP contribution in [0.5, 0.6) is 0 Å². The first-order valence-corrected chi connectivity index (χ1v) is 18.6. The molecule has 0 N–H and O–H groups in total. The maximum absolute atomic E-state index is 2.35. The maximum Gasteiger partial charge on any atom is 0.358 e. The first-order chi connectivity index (χ1) is 23.2. The molecule has 0 nitrogen and oxygen atoms in total. The summed E-state index contributed by atoms with van der Waals surface area (Å²) in [6.45, 7) is 4.50. The summed E-state index contributed by atoms with van der Waals surface area (Å²) in [7, 11) is 0. The van der Waals surface area contributed by atoms with Crippen LogP contribution in [0.2, 0.25) is 0 Å². The number of halogens is 1. The second-order valence-electron chi connectivity index (χ2n) is 12.2. The third-order valence-electron chi connectivity index (χ3n) is 8.88. The molecule has 0 heterocycles. The molecule has 0 amide bonds. The second-order valence-corrected chi connectivity index (χ2v) is 15.1. The largest absolute Gasteiger partial charge is 0.358 e. The van der Waals surface area contributed by atoms with E-state index in [1.54, 1.807) is 0 Å². The highest BCUT2D eigenvalue weighted by molar-refractivity contribution is 7.19. The van der Waals surface area contributed by atoms with E-state index in [1.165, 1.54) is 45.7 Å². The van der Waals surface area contributed by atoms with Crippen LogP contribution in [0.1, 0.15) is 25.3 Å². The highest BCUT2D eigenvalue weighted by atomic mass is 127. The molecule has 0 radical (unpaired) electrons. The standard InChI is InChI=1S/C24H20B.C21H20I/c1-5-13-21(14-6-1)25(22-15-7-2-8-16-22,23-17-9-3-10-18-23)24-19-11-4-12-20-24;1-16(2)17-9-8-10-18(15-17)20-13-6-7-14-21(20)22-19-11-4-3-5-12-19/h1-20H;3-16H,1-2H3/q-1;+1. The van der Waals surface area contributed by atoms with Crippen molar-refractivity contribution in [1.29, 1.82) is 0 Å². The summed E-state index contributed by atoms with van der Waals surface area (Å²) in [6.07, 6.45) is -1.22. The van der Waals surface area contributed by atoms with Gasteiger partial charge in [-0.1, -0.05) is 190 Å². The van der Waals surface area contributed by atoms with Crippen molar-refractivity contribution in [2.75, 3.05) is 0 Å². The molecule has 0 atom stereocenters. The zero-order valence-electron chi connectivity index (χ0n) is 27.1. The van der Waals surface area contributed by atoms with Crippen molar-refractivity contribution in [3.05, 3.63) is 213 Å². The highest BCUT2D eigenvalue weighted by Gasteiger charge is 2.31. The van der Waals surface area contributed by atoms with Crippen LogP contribution < -0.4 is 43.1 Å². The van der Waals surface area contributed by atoms with Gasteiger partial charge in [0.1, 0.15) is 6.15 Å². The lowest BCUT2D eigenvalue weighted by Crippen LogP contribution is -3.61. The van der Waals surface area contributed by atoms with Gasteiger partial charge >= 0.3 is 21.2 Å². The summed E-state index contributed by atoms with van der Waals surface area (Å²) in [5.74, 6) is 0.566. The molecule has 0 saturated carbocycles. The van der Waals surface area contributed by atoms with E-state index in [-0.39, 0.29) is 21.2 Å². The van der Waals surface area contributed by atoms with E-state index >= 15 is 0 Å². The highest BCUT2D eigenvalue weighted by Crippen LogP contribution is 2.23. The van der Waals surface area contributed by atoms with Gasteiger partial charge in [0.2, 0.25) is 3.57 Å². The molecule has 0 aliphatic rings. The number of hydrogen-bond acceptors (Lipinski definition) is 0. The Hall–Kier alpha value is -4.67.